The lowest BCUT2D eigenvalue weighted by Gasteiger charge is -2.18. The molecule has 0 bridgehead atoms. The SMILES string of the molecule is CC\C=C/C=C\C=C/C=C\CCCCCC(=O)OCC(COC(=O)CCCCCCC\C=C/C=C\C=C/C=C\C=C/CCC)OC(=O)CCCCCC/C=C\C/C=C\C/C=C\CC. The van der Waals surface area contributed by atoms with Crippen LogP contribution in [0.5, 0.6) is 0 Å². The van der Waals surface area contributed by atoms with Gasteiger partial charge >= 0.3 is 17.9 Å². The van der Waals surface area contributed by atoms with Gasteiger partial charge in [-0.15, -0.1) is 0 Å². The van der Waals surface area contributed by atoms with Gasteiger partial charge in [0.05, 0.1) is 0 Å². The quantitative estimate of drug-likeness (QED) is 0.0200. The number of rotatable bonds is 41. The minimum Gasteiger partial charge on any atom is -0.462 e. The molecular weight excluding hydrogens is 781 g/mol. The van der Waals surface area contributed by atoms with Gasteiger partial charge in [0.15, 0.2) is 6.10 Å². The third-order valence-corrected chi connectivity index (χ3v) is 9.51. The highest BCUT2D eigenvalue weighted by molar-refractivity contribution is 5.71. The molecule has 0 heterocycles. The van der Waals surface area contributed by atoms with Crippen molar-refractivity contribution in [3.05, 3.63) is 146 Å². The van der Waals surface area contributed by atoms with E-state index >= 15 is 0 Å². The predicted molar refractivity (Wildman–Crippen MR) is 269 cm³/mol. The zero-order valence-electron chi connectivity index (χ0n) is 39.8. The minimum atomic E-state index is -0.823. The molecule has 0 N–H and O–H groups in total. The van der Waals surface area contributed by atoms with Crippen molar-refractivity contribution in [2.75, 3.05) is 13.2 Å². The average molecular weight is 867 g/mol. The molecule has 0 fully saturated rings. The third kappa shape index (κ3) is 48.2. The summed E-state index contributed by atoms with van der Waals surface area (Å²) in [6.45, 7) is 6.18. The van der Waals surface area contributed by atoms with Gasteiger partial charge in [-0.3, -0.25) is 14.4 Å². The average Bonchev–Trinajstić information content (AvgIpc) is 3.28. The lowest BCUT2D eigenvalue weighted by molar-refractivity contribution is -0.167. The molecule has 0 aliphatic rings. The Morgan fingerprint density at radius 2 is 0.698 bits per heavy atom. The van der Waals surface area contributed by atoms with E-state index in [0.29, 0.717) is 12.8 Å². The largest absolute Gasteiger partial charge is 0.462 e. The van der Waals surface area contributed by atoms with Crippen LogP contribution < -0.4 is 0 Å². The first-order valence-corrected chi connectivity index (χ1v) is 24.5. The number of allylic oxidation sites excluding steroid dienone is 24. The number of hydrogen-bond donors (Lipinski definition) is 0. The summed E-state index contributed by atoms with van der Waals surface area (Å²) in [5.41, 5.74) is 0. The highest BCUT2D eigenvalue weighted by Gasteiger charge is 2.19. The second-order valence-corrected chi connectivity index (χ2v) is 15.5. The van der Waals surface area contributed by atoms with Crippen LogP contribution in [0, 0.1) is 0 Å². The summed E-state index contributed by atoms with van der Waals surface area (Å²) in [4.78, 5) is 37.9. The van der Waals surface area contributed by atoms with Gasteiger partial charge in [-0.05, 0) is 89.9 Å². The van der Waals surface area contributed by atoms with Gasteiger partial charge < -0.3 is 14.2 Å². The van der Waals surface area contributed by atoms with E-state index in [1.807, 2.05) is 72.9 Å². The van der Waals surface area contributed by atoms with Crippen molar-refractivity contribution in [3.63, 3.8) is 0 Å². The van der Waals surface area contributed by atoms with Crippen LogP contribution in [-0.4, -0.2) is 37.2 Å². The van der Waals surface area contributed by atoms with Crippen LogP contribution in [0.25, 0.3) is 0 Å². The van der Waals surface area contributed by atoms with E-state index < -0.39 is 6.10 Å². The van der Waals surface area contributed by atoms with E-state index in [1.54, 1.807) is 0 Å². The van der Waals surface area contributed by atoms with Gasteiger partial charge in [0.1, 0.15) is 13.2 Å². The summed E-state index contributed by atoms with van der Waals surface area (Å²) >= 11 is 0. The maximum Gasteiger partial charge on any atom is 0.306 e. The summed E-state index contributed by atoms with van der Waals surface area (Å²) in [7, 11) is 0. The van der Waals surface area contributed by atoms with E-state index in [1.165, 1.54) is 6.42 Å². The molecule has 0 aliphatic heterocycles. The number of unbranched alkanes of at least 4 members (excludes halogenated alkanes) is 13. The normalized spacial score (nSPS) is 13.4. The Hall–Kier alpha value is -4.71. The lowest BCUT2D eigenvalue weighted by Crippen LogP contribution is -2.30. The summed E-state index contributed by atoms with van der Waals surface area (Å²) in [6.07, 6.45) is 71.1. The third-order valence-electron chi connectivity index (χ3n) is 9.51. The standard InChI is InChI=1S/C57H86O6/c1-4-7-10-13-16-19-22-25-27-28-29-30-33-35-38-41-44-47-50-56(59)62-53-54(52-61-55(58)49-46-43-40-37-34-31-24-21-18-15-12-9-6-3)63-57(60)51-48-45-42-39-36-32-26-23-20-17-14-11-8-5-2/h8-13,15-22,24-32,34,54H,4-7,14,23,33,35-53H2,1-3H3/b11-8-,12-9-,13-10-,18-15-,19-16-,20-17-,24-21-,25-22-,28-27-,30-29-,32-26-,34-31-. The molecule has 1 unspecified atom stereocenters. The topological polar surface area (TPSA) is 78.9 Å². The molecule has 0 aromatic heterocycles. The Bertz CT molecular complexity index is 1460. The molecule has 6 heteroatoms. The molecule has 0 aliphatic carbocycles. The van der Waals surface area contributed by atoms with Gasteiger partial charge in [-0.1, -0.05) is 212 Å². The second kappa shape index (κ2) is 49.9. The van der Waals surface area contributed by atoms with Crippen molar-refractivity contribution in [2.45, 2.75) is 181 Å². The van der Waals surface area contributed by atoms with E-state index in [0.717, 1.165) is 128 Å². The Balaban J connectivity index is 4.57. The zero-order valence-corrected chi connectivity index (χ0v) is 39.8. The molecule has 350 valence electrons. The fourth-order valence-electron chi connectivity index (χ4n) is 5.91. The lowest BCUT2D eigenvalue weighted by atomic mass is 10.1. The molecule has 0 spiro atoms. The fourth-order valence-corrected chi connectivity index (χ4v) is 5.91. The van der Waals surface area contributed by atoms with Gasteiger partial charge in [0.2, 0.25) is 0 Å². The van der Waals surface area contributed by atoms with Crippen molar-refractivity contribution in [3.8, 4) is 0 Å². The first-order valence-electron chi connectivity index (χ1n) is 24.5. The Morgan fingerprint density at radius 1 is 0.349 bits per heavy atom. The molecule has 0 saturated carbocycles. The molecule has 0 aromatic carbocycles. The van der Waals surface area contributed by atoms with Crippen molar-refractivity contribution >= 4 is 17.9 Å². The summed E-state index contributed by atoms with van der Waals surface area (Å²) in [6, 6.07) is 0. The van der Waals surface area contributed by atoms with Crippen LogP contribution in [0.1, 0.15) is 175 Å². The summed E-state index contributed by atoms with van der Waals surface area (Å²) in [5, 5.41) is 0. The van der Waals surface area contributed by atoms with Gasteiger partial charge in [-0.25, -0.2) is 0 Å². The zero-order chi connectivity index (χ0) is 45.8. The van der Waals surface area contributed by atoms with E-state index in [4.69, 9.17) is 14.2 Å². The van der Waals surface area contributed by atoms with Crippen molar-refractivity contribution in [1.29, 1.82) is 0 Å². The van der Waals surface area contributed by atoms with Crippen molar-refractivity contribution in [2.24, 2.45) is 0 Å². The van der Waals surface area contributed by atoms with E-state index in [9.17, 15) is 14.4 Å². The molecule has 1 atom stereocenters. The summed E-state index contributed by atoms with van der Waals surface area (Å²) in [5.74, 6) is -1.02. The molecular formula is C57H86O6. The van der Waals surface area contributed by atoms with E-state index in [-0.39, 0.29) is 37.5 Å². The number of carbonyl (C=O) groups is 3. The van der Waals surface area contributed by atoms with Crippen molar-refractivity contribution in [1.82, 2.24) is 0 Å². The van der Waals surface area contributed by atoms with Crippen LogP contribution in [0.15, 0.2) is 146 Å². The van der Waals surface area contributed by atoms with Crippen molar-refractivity contribution < 1.29 is 28.6 Å². The molecule has 0 aromatic rings. The first kappa shape index (κ1) is 58.3. The van der Waals surface area contributed by atoms with Crippen LogP contribution in [-0.2, 0) is 28.6 Å². The molecule has 63 heavy (non-hydrogen) atoms. The number of esters is 3. The first-order chi connectivity index (χ1) is 31.0. The number of ether oxygens (including phenoxy) is 3. The van der Waals surface area contributed by atoms with Gasteiger partial charge in [0, 0.05) is 19.3 Å². The van der Waals surface area contributed by atoms with Crippen LogP contribution in [0.2, 0.25) is 0 Å². The predicted octanol–water partition coefficient (Wildman–Crippen LogP) is 16.1. The monoisotopic (exact) mass is 867 g/mol. The number of carbonyl (C=O) groups excluding carboxylic acids is 3. The van der Waals surface area contributed by atoms with Crippen LogP contribution in [0.4, 0.5) is 0 Å². The Labute approximate surface area is 385 Å². The second-order valence-electron chi connectivity index (χ2n) is 15.5. The fraction of sp³-hybridized carbons (Fsp3) is 0.526. The van der Waals surface area contributed by atoms with E-state index in [2.05, 4.69) is 93.7 Å². The molecule has 6 nitrogen and oxygen atoms in total. The number of hydrogen-bond acceptors (Lipinski definition) is 6. The minimum absolute atomic E-state index is 0.121. The molecule has 0 amide bonds. The Morgan fingerprint density at radius 3 is 1.17 bits per heavy atom. The highest BCUT2D eigenvalue weighted by Crippen LogP contribution is 2.12. The maximum absolute atomic E-state index is 12.8. The summed E-state index contributed by atoms with van der Waals surface area (Å²) < 4.78 is 16.7. The molecule has 0 saturated heterocycles. The Kier molecular flexibility index (Phi) is 46.2. The van der Waals surface area contributed by atoms with Crippen LogP contribution in [0.3, 0.4) is 0 Å². The smallest absolute Gasteiger partial charge is 0.306 e. The van der Waals surface area contributed by atoms with Crippen LogP contribution >= 0.6 is 0 Å². The maximum atomic E-state index is 12.8. The van der Waals surface area contributed by atoms with Gasteiger partial charge in [0.25, 0.3) is 0 Å². The van der Waals surface area contributed by atoms with Gasteiger partial charge in [-0.2, -0.15) is 0 Å². The highest BCUT2D eigenvalue weighted by atomic mass is 16.6. The molecule has 0 rings (SSSR count). The molecule has 0 radical (unpaired) electrons.